The Hall–Kier alpha value is -3.79. The monoisotopic (exact) mass is 465 g/mol. The number of piperazine rings is 1. The largest absolute Gasteiger partial charge is 0.448 e. The number of nitrogens with zero attached hydrogens (tertiary/aromatic N) is 5. The molecule has 34 heavy (non-hydrogen) atoms. The predicted molar refractivity (Wildman–Crippen MR) is 123 cm³/mol. The standard InChI is InChI=1S/C24H24FN5O4/c1-2-34-24(33)30-20-15-16(25)7-8-19(20)21(26-30)28-12-9-27(10-13-28)11-14-29-22(31)17-5-3-4-6-18(17)23(29)32/h3-8,15H,2,9-14H2,1H3. The SMILES string of the molecule is CCOC(=O)n1nc(N2CCN(CCN3C(=O)c4ccccc4C3=O)CC2)c2ccc(F)cc21. The number of anilines is 1. The molecule has 2 aliphatic heterocycles. The van der Waals surface area contributed by atoms with Crippen molar-refractivity contribution in [3.63, 3.8) is 0 Å². The van der Waals surface area contributed by atoms with Crippen LogP contribution in [-0.4, -0.2) is 83.4 Å². The molecular weight excluding hydrogens is 441 g/mol. The summed E-state index contributed by atoms with van der Waals surface area (Å²) in [5, 5.41) is 5.11. The normalized spacial score (nSPS) is 16.4. The fraction of sp³-hybridized carbons (Fsp3) is 0.333. The van der Waals surface area contributed by atoms with Gasteiger partial charge in [0.05, 0.1) is 23.3 Å². The second kappa shape index (κ2) is 8.86. The number of fused-ring (bicyclic) bond motifs is 2. The topological polar surface area (TPSA) is 88.0 Å². The number of rotatable bonds is 5. The molecule has 0 spiro atoms. The van der Waals surface area contributed by atoms with E-state index in [1.807, 2.05) is 0 Å². The molecule has 0 unspecified atom stereocenters. The van der Waals surface area contributed by atoms with Crippen molar-refractivity contribution in [1.29, 1.82) is 0 Å². The maximum Gasteiger partial charge on any atom is 0.435 e. The summed E-state index contributed by atoms with van der Waals surface area (Å²) >= 11 is 0. The molecule has 10 heteroatoms. The molecule has 176 valence electrons. The minimum Gasteiger partial charge on any atom is -0.448 e. The number of hydrogen-bond acceptors (Lipinski definition) is 7. The fourth-order valence-electron chi connectivity index (χ4n) is 4.50. The van der Waals surface area contributed by atoms with Crippen LogP contribution < -0.4 is 4.90 Å². The van der Waals surface area contributed by atoms with Gasteiger partial charge in [-0.05, 0) is 31.2 Å². The molecule has 0 N–H and O–H groups in total. The van der Waals surface area contributed by atoms with Gasteiger partial charge in [-0.25, -0.2) is 9.18 Å². The van der Waals surface area contributed by atoms with Crippen LogP contribution >= 0.6 is 0 Å². The third kappa shape index (κ3) is 3.79. The Morgan fingerprint density at radius 2 is 1.68 bits per heavy atom. The van der Waals surface area contributed by atoms with Crippen molar-refractivity contribution in [3.05, 3.63) is 59.4 Å². The third-order valence-electron chi connectivity index (χ3n) is 6.25. The van der Waals surface area contributed by atoms with Crippen LogP contribution in [0.15, 0.2) is 42.5 Å². The Morgan fingerprint density at radius 1 is 1.00 bits per heavy atom. The molecule has 2 amide bonds. The number of imide groups is 1. The van der Waals surface area contributed by atoms with Gasteiger partial charge in [-0.1, -0.05) is 12.1 Å². The number of hydrogen-bond donors (Lipinski definition) is 0. The molecule has 1 fully saturated rings. The van der Waals surface area contributed by atoms with Crippen molar-refractivity contribution in [1.82, 2.24) is 19.6 Å². The first kappa shape index (κ1) is 22.0. The third-order valence-corrected chi connectivity index (χ3v) is 6.25. The van der Waals surface area contributed by atoms with Crippen LogP contribution in [-0.2, 0) is 4.74 Å². The molecule has 9 nitrogen and oxygen atoms in total. The van der Waals surface area contributed by atoms with Gasteiger partial charge in [-0.15, -0.1) is 5.10 Å². The summed E-state index contributed by atoms with van der Waals surface area (Å²) in [6, 6.07) is 11.1. The van der Waals surface area contributed by atoms with Crippen molar-refractivity contribution in [2.75, 3.05) is 50.8 Å². The molecule has 0 atom stereocenters. The number of benzene rings is 2. The molecule has 2 aromatic carbocycles. The van der Waals surface area contributed by atoms with E-state index in [1.54, 1.807) is 37.3 Å². The summed E-state index contributed by atoms with van der Waals surface area (Å²) in [5.41, 5.74) is 1.28. The number of ether oxygens (including phenoxy) is 1. The Bertz CT molecular complexity index is 1250. The Morgan fingerprint density at radius 3 is 2.32 bits per heavy atom. The van der Waals surface area contributed by atoms with Gasteiger partial charge in [0.25, 0.3) is 11.8 Å². The van der Waals surface area contributed by atoms with Gasteiger partial charge >= 0.3 is 6.09 Å². The average Bonchev–Trinajstić information content (AvgIpc) is 3.34. The van der Waals surface area contributed by atoms with E-state index in [4.69, 9.17) is 4.74 Å². The number of amides is 2. The van der Waals surface area contributed by atoms with Crippen molar-refractivity contribution in [2.45, 2.75) is 6.92 Å². The molecule has 0 saturated carbocycles. The summed E-state index contributed by atoms with van der Waals surface area (Å²) in [6.07, 6.45) is -0.649. The van der Waals surface area contributed by atoms with Gasteiger partial charge < -0.3 is 9.64 Å². The highest BCUT2D eigenvalue weighted by Crippen LogP contribution is 2.28. The zero-order chi connectivity index (χ0) is 23.8. The lowest BCUT2D eigenvalue weighted by Crippen LogP contribution is -2.49. The van der Waals surface area contributed by atoms with Gasteiger partial charge in [0.15, 0.2) is 5.82 Å². The molecule has 3 heterocycles. The lowest BCUT2D eigenvalue weighted by Gasteiger charge is -2.35. The zero-order valence-corrected chi connectivity index (χ0v) is 18.7. The summed E-state index contributed by atoms with van der Waals surface area (Å²) < 4.78 is 20.0. The number of carbonyl (C=O) groups excluding carboxylic acids is 3. The second-order valence-corrected chi connectivity index (χ2v) is 8.23. The van der Waals surface area contributed by atoms with Gasteiger partial charge in [0, 0.05) is 50.7 Å². The summed E-state index contributed by atoms with van der Waals surface area (Å²) in [7, 11) is 0. The minimum atomic E-state index is -0.649. The highest BCUT2D eigenvalue weighted by atomic mass is 19.1. The van der Waals surface area contributed by atoms with E-state index in [0.29, 0.717) is 67.1 Å². The Kier molecular flexibility index (Phi) is 5.74. The van der Waals surface area contributed by atoms with Gasteiger partial charge in [-0.3, -0.25) is 19.4 Å². The number of carbonyl (C=O) groups is 3. The summed E-state index contributed by atoms with van der Waals surface area (Å²) in [4.78, 5) is 43.0. The first-order valence-corrected chi connectivity index (χ1v) is 11.3. The first-order valence-electron chi connectivity index (χ1n) is 11.3. The average molecular weight is 465 g/mol. The molecule has 1 aromatic heterocycles. The minimum absolute atomic E-state index is 0.191. The van der Waals surface area contributed by atoms with Crippen molar-refractivity contribution in [2.24, 2.45) is 0 Å². The zero-order valence-electron chi connectivity index (χ0n) is 18.7. The molecule has 5 rings (SSSR count). The van der Waals surface area contributed by atoms with Gasteiger partial charge in [0.2, 0.25) is 0 Å². The van der Waals surface area contributed by atoms with Crippen LogP contribution in [0, 0.1) is 5.82 Å². The van der Waals surface area contributed by atoms with Crippen LogP contribution in [0.1, 0.15) is 27.6 Å². The highest BCUT2D eigenvalue weighted by molar-refractivity contribution is 6.21. The number of aromatic nitrogens is 2. The van der Waals surface area contributed by atoms with Crippen LogP contribution in [0.4, 0.5) is 15.0 Å². The molecule has 2 aliphatic rings. The van der Waals surface area contributed by atoms with Crippen LogP contribution in [0.5, 0.6) is 0 Å². The fourth-order valence-corrected chi connectivity index (χ4v) is 4.50. The molecule has 3 aromatic rings. The van der Waals surface area contributed by atoms with E-state index >= 15 is 0 Å². The van der Waals surface area contributed by atoms with E-state index in [-0.39, 0.29) is 18.4 Å². The molecule has 0 bridgehead atoms. The van der Waals surface area contributed by atoms with Crippen molar-refractivity contribution >= 4 is 34.6 Å². The van der Waals surface area contributed by atoms with E-state index in [1.165, 1.54) is 17.0 Å². The molecule has 1 saturated heterocycles. The summed E-state index contributed by atoms with van der Waals surface area (Å²) in [5.74, 6) is -0.351. The van der Waals surface area contributed by atoms with E-state index in [0.717, 1.165) is 4.68 Å². The second-order valence-electron chi connectivity index (χ2n) is 8.23. The van der Waals surface area contributed by atoms with Crippen LogP contribution in [0.2, 0.25) is 0 Å². The van der Waals surface area contributed by atoms with Crippen LogP contribution in [0.25, 0.3) is 10.9 Å². The quantitative estimate of drug-likeness (QED) is 0.535. The summed E-state index contributed by atoms with van der Waals surface area (Å²) in [6.45, 7) is 5.44. The number of halogens is 1. The lowest BCUT2D eigenvalue weighted by molar-refractivity contribution is 0.0634. The molecule has 0 aliphatic carbocycles. The Labute approximate surface area is 195 Å². The molecular formula is C24H24FN5O4. The lowest BCUT2D eigenvalue weighted by atomic mass is 10.1. The predicted octanol–water partition coefficient (Wildman–Crippen LogP) is 2.60. The smallest absolute Gasteiger partial charge is 0.435 e. The van der Waals surface area contributed by atoms with Crippen molar-refractivity contribution < 1.29 is 23.5 Å². The molecule has 0 radical (unpaired) electrons. The van der Waals surface area contributed by atoms with Crippen LogP contribution in [0.3, 0.4) is 0 Å². The van der Waals surface area contributed by atoms with E-state index in [9.17, 15) is 18.8 Å². The van der Waals surface area contributed by atoms with E-state index < -0.39 is 11.9 Å². The maximum atomic E-state index is 13.9. The van der Waals surface area contributed by atoms with Gasteiger partial charge in [0.1, 0.15) is 5.82 Å². The van der Waals surface area contributed by atoms with Crippen molar-refractivity contribution in [3.8, 4) is 0 Å². The van der Waals surface area contributed by atoms with Gasteiger partial charge in [-0.2, -0.15) is 4.68 Å². The Balaban J connectivity index is 1.25. The first-order chi connectivity index (χ1) is 16.5. The highest BCUT2D eigenvalue weighted by Gasteiger charge is 2.35. The van der Waals surface area contributed by atoms with E-state index in [2.05, 4.69) is 14.9 Å². The maximum absolute atomic E-state index is 13.9.